The van der Waals surface area contributed by atoms with Crippen LogP contribution in [0, 0.1) is 0 Å². The van der Waals surface area contributed by atoms with Gasteiger partial charge in [0, 0.05) is 5.69 Å². The molecule has 0 saturated carbocycles. The van der Waals surface area contributed by atoms with Crippen molar-refractivity contribution in [1.29, 1.82) is 0 Å². The Balaban J connectivity index is 1.67. The van der Waals surface area contributed by atoms with Gasteiger partial charge in [-0.1, -0.05) is 72.3 Å². The topological polar surface area (TPSA) is 44.4 Å². The number of carbonyl (C=O) groups is 1. The molecule has 0 aromatic heterocycles. The first kappa shape index (κ1) is 22.1. The van der Waals surface area contributed by atoms with Crippen molar-refractivity contribution < 1.29 is 18.0 Å². The minimum Gasteiger partial charge on any atom is -0.331 e. The van der Waals surface area contributed by atoms with Gasteiger partial charge < -0.3 is 5.32 Å². The number of thiocarbonyl (C=S) groups is 1. The van der Waals surface area contributed by atoms with Crippen molar-refractivity contribution in [3.8, 4) is 0 Å². The normalized spacial score (nSPS) is 18.4. The second-order valence-corrected chi connectivity index (χ2v) is 8.01. The van der Waals surface area contributed by atoms with Crippen molar-refractivity contribution in [3.05, 3.63) is 101 Å². The van der Waals surface area contributed by atoms with Crippen LogP contribution in [0.4, 0.5) is 18.9 Å². The molecule has 164 valence electrons. The predicted octanol–water partition coefficient (Wildman–Crippen LogP) is 5.93. The molecule has 3 aromatic carbocycles. The first-order chi connectivity index (χ1) is 15.3. The number of carbonyl (C=O) groups excluding carboxylic acids is 1. The summed E-state index contributed by atoms with van der Waals surface area (Å²) < 4.78 is 39.7. The van der Waals surface area contributed by atoms with E-state index in [9.17, 15) is 18.0 Å². The average molecular weight is 476 g/mol. The summed E-state index contributed by atoms with van der Waals surface area (Å²) in [7, 11) is 0. The Labute approximate surface area is 193 Å². The Bertz CT molecular complexity index is 1140. The fraction of sp³-hybridized carbons (Fsp3) is 0.130. The summed E-state index contributed by atoms with van der Waals surface area (Å²) in [5.41, 5.74) is 3.53. The largest absolute Gasteiger partial charge is 0.417 e. The van der Waals surface area contributed by atoms with Crippen molar-refractivity contribution in [2.45, 2.75) is 18.1 Å². The quantitative estimate of drug-likeness (QED) is 0.461. The number of hydrogen-bond acceptors (Lipinski definition) is 2. The van der Waals surface area contributed by atoms with Crippen molar-refractivity contribution in [3.63, 3.8) is 0 Å². The molecule has 0 radical (unpaired) electrons. The zero-order valence-electron chi connectivity index (χ0n) is 16.4. The molecule has 2 N–H and O–H groups in total. The van der Waals surface area contributed by atoms with E-state index in [1.54, 1.807) is 0 Å². The number of alkyl halides is 3. The van der Waals surface area contributed by atoms with Crippen molar-refractivity contribution in [2.75, 3.05) is 5.32 Å². The number of anilines is 1. The lowest BCUT2D eigenvalue weighted by atomic mass is 9.87. The van der Waals surface area contributed by atoms with E-state index in [1.807, 2.05) is 60.7 Å². The molecule has 1 amide bonds. The van der Waals surface area contributed by atoms with E-state index in [1.165, 1.54) is 11.1 Å². The monoisotopic (exact) mass is 475 g/mol. The van der Waals surface area contributed by atoms with Gasteiger partial charge in [0.05, 0.1) is 22.5 Å². The summed E-state index contributed by atoms with van der Waals surface area (Å²) in [5, 5.41) is 3.93. The molecule has 0 unspecified atom stereocenters. The molecule has 0 spiro atoms. The maximum absolute atomic E-state index is 13.2. The zero-order chi connectivity index (χ0) is 22.9. The van der Waals surface area contributed by atoms with Crippen LogP contribution in [0.15, 0.2) is 78.9 Å². The van der Waals surface area contributed by atoms with Crippen LogP contribution in [-0.4, -0.2) is 16.0 Å². The van der Waals surface area contributed by atoms with Crippen molar-refractivity contribution in [1.82, 2.24) is 10.4 Å². The summed E-state index contributed by atoms with van der Waals surface area (Å²) in [4.78, 5) is 12.9. The SMILES string of the molecule is O=C1NN(C(=S)Nc2ccc(Cl)c(C(F)(F)F)c2)[C@@H](c2ccccc2)[C@@H]1c1ccccc1. The Morgan fingerprint density at radius 2 is 1.56 bits per heavy atom. The van der Waals surface area contributed by atoms with Crippen LogP contribution in [-0.2, 0) is 11.0 Å². The van der Waals surface area contributed by atoms with Gasteiger partial charge in [0.1, 0.15) is 0 Å². The van der Waals surface area contributed by atoms with Crippen LogP contribution < -0.4 is 10.7 Å². The molecule has 0 bridgehead atoms. The third-order valence-electron chi connectivity index (χ3n) is 5.15. The molecule has 1 heterocycles. The average Bonchev–Trinajstić information content (AvgIpc) is 3.13. The highest BCUT2D eigenvalue weighted by Crippen LogP contribution is 2.40. The summed E-state index contributed by atoms with van der Waals surface area (Å²) in [6.07, 6.45) is -4.61. The molecule has 9 heteroatoms. The Morgan fingerprint density at radius 3 is 2.16 bits per heavy atom. The van der Waals surface area contributed by atoms with E-state index >= 15 is 0 Å². The maximum Gasteiger partial charge on any atom is 0.417 e. The van der Waals surface area contributed by atoms with Crippen LogP contribution in [0.3, 0.4) is 0 Å². The second-order valence-electron chi connectivity index (χ2n) is 7.21. The molecule has 1 aliphatic rings. The maximum atomic E-state index is 13.2. The number of hydrogen-bond donors (Lipinski definition) is 2. The molecule has 4 nitrogen and oxygen atoms in total. The lowest BCUT2D eigenvalue weighted by Crippen LogP contribution is -2.42. The summed E-state index contributed by atoms with van der Waals surface area (Å²) in [6.45, 7) is 0. The predicted molar refractivity (Wildman–Crippen MR) is 121 cm³/mol. The summed E-state index contributed by atoms with van der Waals surface area (Å²) in [6, 6.07) is 21.5. The Kier molecular flexibility index (Phi) is 6.08. The number of halogens is 4. The number of nitrogens with one attached hydrogen (secondary N) is 2. The van der Waals surface area contributed by atoms with Crippen LogP contribution in [0.25, 0.3) is 0 Å². The van der Waals surface area contributed by atoms with Gasteiger partial charge in [0.2, 0.25) is 5.91 Å². The molecule has 2 atom stereocenters. The van der Waals surface area contributed by atoms with E-state index in [4.69, 9.17) is 23.8 Å². The standard InChI is InChI=1S/C23H17ClF3N3OS/c24-18-12-11-16(13-17(18)23(25,26)27)28-22(32)30-20(15-9-5-2-6-10-15)19(21(31)29-30)14-7-3-1-4-8-14/h1-13,19-20H,(H,28,32)(H,29,31)/t19-,20-/m0/s1. The second kappa shape index (κ2) is 8.80. The van der Waals surface area contributed by atoms with E-state index in [2.05, 4.69) is 10.7 Å². The first-order valence-electron chi connectivity index (χ1n) is 9.63. The van der Waals surface area contributed by atoms with Gasteiger partial charge in [-0.25, -0.2) is 0 Å². The molecule has 1 saturated heterocycles. The van der Waals surface area contributed by atoms with Crippen molar-refractivity contribution >= 4 is 40.5 Å². The van der Waals surface area contributed by atoms with E-state index in [-0.39, 0.29) is 16.7 Å². The highest BCUT2D eigenvalue weighted by molar-refractivity contribution is 7.80. The van der Waals surface area contributed by atoms with Crippen molar-refractivity contribution in [2.24, 2.45) is 0 Å². The van der Waals surface area contributed by atoms with Crippen LogP contribution >= 0.6 is 23.8 Å². The van der Waals surface area contributed by atoms with E-state index in [0.717, 1.165) is 23.3 Å². The number of nitrogens with zero attached hydrogens (tertiary/aromatic N) is 1. The lowest BCUT2D eigenvalue weighted by Gasteiger charge is -2.29. The highest BCUT2D eigenvalue weighted by atomic mass is 35.5. The van der Waals surface area contributed by atoms with Gasteiger partial charge in [-0.15, -0.1) is 0 Å². The van der Waals surface area contributed by atoms with Gasteiger partial charge in [-0.05, 0) is 41.5 Å². The van der Waals surface area contributed by atoms with Gasteiger partial charge in [-0.2, -0.15) is 13.2 Å². The van der Waals surface area contributed by atoms with E-state index in [0.29, 0.717) is 0 Å². The third kappa shape index (κ3) is 4.42. The van der Waals surface area contributed by atoms with Gasteiger partial charge >= 0.3 is 6.18 Å². The number of amides is 1. The molecular weight excluding hydrogens is 459 g/mol. The highest BCUT2D eigenvalue weighted by Gasteiger charge is 2.44. The number of rotatable bonds is 3. The zero-order valence-corrected chi connectivity index (χ0v) is 18.0. The van der Waals surface area contributed by atoms with E-state index < -0.39 is 28.7 Å². The Hall–Kier alpha value is -3.10. The fourth-order valence-corrected chi connectivity index (χ4v) is 4.22. The fourth-order valence-electron chi connectivity index (χ4n) is 3.72. The lowest BCUT2D eigenvalue weighted by molar-refractivity contribution is -0.137. The van der Waals surface area contributed by atoms with Crippen LogP contribution in [0.1, 0.15) is 28.7 Å². The summed E-state index contributed by atoms with van der Waals surface area (Å²) >= 11 is 11.2. The molecule has 0 aliphatic carbocycles. The summed E-state index contributed by atoms with van der Waals surface area (Å²) in [5.74, 6) is -0.824. The van der Waals surface area contributed by atoms with Gasteiger partial charge in [0.15, 0.2) is 5.11 Å². The van der Waals surface area contributed by atoms with Gasteiger partial charge in [0.25, 0.3) is 0 Å². The number of hydrazine groups is 1. The smallest absolute Gasteiger partial charge is 0.331 e. The molecular formula is C23H17ClF3N3OS. The third-order valence-corrected chi connectivity index (χ3v) is 5.78. The minimum absolute atomic E-state index is 0.0566. The first-order valence-corrected chi connectivity index (χ1v) is 10.4. The number of benzene rings is 3. The molecule has 1 aliphatic heterocycles. The minimum atomic E-state index is -4.61. The molecule has 1 fully saturated rings. The van der Waals surface area contributed by atoms with Crippen LogP contribution in [0.5, 0.6) is 0 Å². The van der Waals surface area contributed by atoms with Gasteiger partial charge in [-0.3, -0.25) is 15.2 Å². The molecule has 4 rings (SSSR count). The Morgan fingerprint density at radius 1 is 0.969 bits per heavy atom. The van der Waals surface area contributed by atoms with Crippen LogP contribution in [0.2, 0.25) is 5.02 Å². The molecule has 32 heavy (non-hydrogen) atoms. The molecule has 3 aromatic rings.